The molecule has 2 aliphatic heterocycles. The number of thioether (sulfide) groups is 1. The lowest BCUT2D eigenvalue weighted by molar-refractivity contribution is -0.126. The first kappa shape index (κ1) is 26.1. The fourth-order valence-electron chi connectivity index (χ4n) is 4.56. The smallest absolute Gasteiger partial charge is 0.285 e. The quantitative estimate of drug-likeness (QED) is 0.498. The van der Waals surface area contributed by atoms with Gasteiger partial charge in [0.2, 0.25) is 5.75 Å². The second-order valence-electron chi connectivity index (χ2n) is 8.04. The van der Waals surface area contributed by atoms with E-state index < -0.39 is 31.3 Å². The molecule has 3 unspecified atom stereocenters. The highest BCUT2D eigenvalue weighted by Crippen LogP contribution is 2.60. The van der Waals surface area contributed by atoms with Crippen molar-refractivity contribution < 1.29 is 46.2 Å². The van der Waals surface area contributed by atoms with Crippen LogP contribution in [-0.2, 0) is 30.1 Å². The van der Waals surface area contributed by atoms with Crippen molar-refractivity contribution in [3.05, 3.63) is 53.3 Å². The third kappa shape index (κ3) is 4.07. The summed E-state index contributed by atoms with van der Waals surface area (Å²) in [6.07, 6.45) is 1.55. The summed E-state index contributed by atoms with van der Waals surface area (Å²) >= 11 is 0.689. The van der Waals surface area contributed by atoms with Gasteiger partial charge >= 0.3 is 0 Å². The Morgan fingerprint density at radius 2 is 1.67 bits per heavy atom. The zero-order chi connectivity index (χ0) is 26.3. The van der Waals surface area contributed by atoms with Gasteiger partial charge in [-0.15, -0.1) is 0 Å². The van der Waals surface area contributed by atoms with Crippen LogP contribution in [-0.4, -0.2) is 59.7 Å². The number of hydrogen-bond acceptors (Lipinski definition) is 10. The molecule has 0 bridgehead atoms. The van der Waals surface area contributed by atoms with Crippen molar-refractivity contribution in [2.24, 2.45) is 5.92 Å². The van der Waals surface area contributed by atoms with Gasteiger partial charge in [0.1, 0.15) is 11.5 Å². The van der Waals surface area contributed by atoms with Crippen molar-refractivity contribution in [2.75, 3.05) is 35.5 Å². The molecular weight excluding hydrogens is 512 g/mol. The van der Waals surface area contributed by atoms with Crippen LogP contribution in [0.4, 0.5) is 0 Å². The molecule has 0 amide bonds. The minimum Gasteiger partial charge on any atom is -0.497 e. The number of ether oxygens (including phenoxy) is 6. The normalized spacial score (nSPS) is 23.4. The lowest BCUT2D eigenvalue weighted by atomic mass is 9.84. The molecule has 2 heterocycles. The topological polar surface area (TPSA) is 127 Å². The van der Waals surface area contributed by atoms with Crippen molar-refractivity contribution in [3.63, 3.8) is 0 Å². The van der Waals surface area contributed by atoms with Crippen LogP contribution in [0.2, 0.25) is 0 Å². The monoisotopic (exact) mass is 538 g/mol. The van der Waals surface area contributed by atoms with E-state index in [1.807, 2.05) is 0 Å². The zero-order valence-electron chi connectivity index (χ0n) is 20.3. The Balaban J connectivity index is 1.94. The van der Waals surface area contributed by atoms with Gasteiger partial charge in [0.25, 0.3) is 10.1 Å². The second-order valence-corrected chi connectivity index (χ2v) is 11.2. The molecule has 1 saturated heterocycles. The van der Waals surface area contributed by atoms with E-state index in [0.29, 0.717) is 28.8 Å². The van der Waals surface area contributed by atoms with E-state index in [9.17, 15) is 17.8 Å². The van der Waals surface area contributed by atoms with E-state index in [0.717, 1.165) is 5.56 Å². The third-order valence-electron chi connectivity index (χ3n) is 6.22. The standard InChI is InChI=1S/C24H26O10S2/c1-29-16-7-6-13-8-14(12-34-17(13)11-16)20-21(25)23(33-5)35-24(20,36(26,27)28)15-9-18(30-2)22(32-4)19(10-15)31-3/h6-7,9-12,20,23H,8H2,1-5H3,(H,26,27,28). The zero-order valence-corrected chi connectivity index (χ0v) is 21.9. The molecule has 2 aromatic rings. The predicted octanol–water partition coefficient (Wildman–Crippen LogP) is 3.19. The SMILES string of the molecule is COc1ccc2c(c1)OC=C(C1C(=O)C(OC)SC1(c1cc(OC)c(OC)c(OC)c1)S(=O)(=O)O)C2. The first-order chi connectivity index (χ1) is 17.1. The Hall–Kier alpha value is -2.93. The third-order valence-corrected chi connectivity index (χ3v) is 9.84. The van der Waals surface area contributed by atoms with Crippen LogP contribution in [0.15, 0.2) is 42.2 Å². The summed E-state index contributed by atoms with van der Waals surface area (Å²) < 4.78 is 67.5. The van der Waals surface area contributed by atoms with Gasteiger partial charge in [-0.2, -0.15) is 8.42 Å². The lowest BCUT2D eigenvalue weighted by Crippen LogP contribution is -2.41. The van der Waals surface area contributed by atoms with Crippen LogP contribution in [0, 0.1) is 5.92 Å². The molecule has 0 radical (unpaired) electrons. The van der Waals surface area contributed by atoms with E-state index in [-0.39, 0.29) is 29.2 Å². The van der Waals surface area contributed by atoms with Gasteiger partial charge in [-0.3, -0.25) is 9.35 Å². The molecule has 36 heavy (non-hydrogen) atoms. The number of rotatable bonds is 8. The van der Waals surface area contributed by atoms with Crippen LogP contribution >= 0.6 is 11.8 Å². The average Bonchev–Trinajstić information content (AvgIpc) is 3.20. The second kappa shape index (κ2) is 9.85. The maximum atomic E-state index is 13.6. The summed E-state index contributed by atoms with van der Waals surface area (Å²) in [5.41, 5.74) is -0.0322. The molecule has 0 aromatic heterocycles. The highest BCUT2D eigenvalue weighted by molar-refractivity contribution is 8.13. The molecule has 3 atom stereocenters. The number of methoxy groups -OCH3 is 5. The predicted molar refractivity (Wildman–Crippen MR) is 132 cm³/mol. The van der Waals surface area contributed by atoms with Gasteiger partial charge in [-0.25, -0.2) is 0 Å². The fourth-order valence-corrected chi connectivity index (χ4v) is 7.62. The maximum Gasteiger partial charge on any atom is 0.285 e. The Kier molecular flexibility index (Phi) is 7.15. The molecule has 1 N–H and O–H groups in total. The fraction of sp³-hybridized carbons (Fsp3) is 0.375. The molecular formula is C24H26O10S2. The summed E-state index contributed by atoms with van der Waals surface area (Å²) in [6, 6.07) is 8.02. The Labute approximate surface area is 213 Å². The van der Waals surface area contributed by atoms with Crippen LogP contribution in [0.3, 0.4) is 0 Å². The largest absolute Gasteiger partial charge is 0.497 e. The van der Waals surface area contributed by atoms with E-state index >= 15 is 0 Å². The minimum atomic E-state index is -4.96. The number of carbonyl (C=O) groups excluding carboxylic acids is 1. The Morgan fingerprint density at radius 1 is 1.00 bits per heavy atom. The number of fused-ring (bicyclic) bond motifs is 1. The van der Waals surface area contributed by atoms with Crippen molar-refractivity contribution in [1.29, 1.82) is 0 Å². The number of benzene rings is 2. The molecule has 2 aromatic carbocycles. The summed E-state index contributed by atoms with van der Waals surface area (Å²) in [7, 11) is 2.05. The summed E-state index contributed by atoms with van der Waals surface area (Å²) in [5, 5.41) is 0. The highest BCUT2D eigenvalue weighted by Gasteiger charge is 2.64. The molecule has 0 saturated carbocycles. The van der Waals surface area contributed by atoms with Crippen molar-refractivity contribution in [3.8, 4) is 28.7 Å². The number of hydrogen-bond donors (Lipinski definition) is 1. The molecule has 0 spiro atoms. The van der Waals surface area contributed by atoms with Gasteiger partial charge in [0.15, 0.2) is 26.8 Å². The molecule has 194 valence electrons. The lowest BCUT2D eigenvalue weighted by Gasteiger charge is -2.33. The molecule has 10 nitrogen and oxygen atoms in total. The van der Waals surface area contributed by atoms with Gasteiger partial charge in [0.05, 0.1) is 40.6 Å². The van der Waals surface area contributed by atoms with Crippen molar-refractivity contribution in [1.82, 2.24) is 0 Å². The first-order valence-electron chi connectivity index (χ1n) is 10.7. The van der Waals surface area contributed by atoms with Crippen molar-refractivity contribution in [2.45, 2.75) is 15.9 Å². The maximum absolute atomic E-state index is 13.6. The summed E-state index contributed by atoms with van der Waals surface area (Å²) in [4.78, 5) is 13.6. The van der Waals surface area contributed by atoms with Crippen LogP contribution in [0.5, 0.6) is 28.7 Å². The number of Topliss-reactive ketones (excluding diaryl/α,β-unsaturated/α-hetero) is 1. The van der Waals surface area contributed by atoms with E-state index in [2.05, 4.69) is 0 Å². The number of ketones is 1. The number of carbonyl (C=O) groups is 1. The number of allylic oxidation sites excluding steroid dienone is 1. The molecule has 2 aliphatic rings. The van der Waals surface area contributed by atoms with Crippen LogP contribution in [0.1, 0.15) is 11.1 Å². The van der Waals surface area contributed by atoms with E-state index in [1.54, 1.807) is 18.2 Å². The average molecular weight is 539 g/mol. The Bertz CT molecular complexity index is 1300. The van der Waals surface area contributed by atoms with Gasteiger partial charge in [0, 0.05) is 19.6 Å². The van der Waals surface area contributed by atoms with Gasteiger partial charge in [-0.05, 0) is 34.9 Å². The minimum absolute atomic E-state index is 0.0591. The van der Waals surface area contributed by atoms with Gasteiger partial charge < -0.3 is 28.4 Å². The van der Waals surface area contributed by atoms with Crippen LogP contribution in [0.25, 0.3) is 0 Å². The van der Waals surface area contributed by atoms with Crippen LogP contribution < -0.4 is 23.7 Å². The van der Waals surface area contributed by atoms with Gasteiger partial charge in [-0.1, -0.05) is 17.8 Å². The highest BCUT2D eigenvalue weighted by atomic mass is 32.3. The van der Waals surface area contributed by atoms with Crippen molar-refractivity contribution >= 4 is 27.7 Å². The molecule has 4 rings (SSSR count). The summed E-state index contributed by atoms with van der Waals surface area (Å²) in [6.45, 7) is 0. The van der Waals surface area contributed by atoms with E-state index in [1.165, 1.54) is 53.9 Å². The summed E-state index contributed by atoms with van der Waals surface area (Å²) in [5.74, 6) is -0.220. The molecule has 12 heteroatoms. The van der Waals surface area contributed by atoms with E-state index in [4.69, 9.17) is 28.4 Å². The molecule has 1 fully saturated rings. The molecule has 0 aliphatic carbocycles. The first-order valence-corrected chi connectivity index (χ1v) is 13.0. The Morgan fingerprint density at radius 3 is 2.19 bits per heavy atom.